The van der Waals surface area contributed by atoms with Crippen molar-refractivity contribution in [3.05, 3.63) is 71.5 Å². The summed E-state index contributed by atoms with van der Waals surface area (Å²) in [5, 5.41) is 13.7. The molecule has 1 aliphatic carbocycles. The van der Waals surface area contributed by atoms with Crippen molar-refractivity contribution in [1.82, 2.24) is 19.6 Å². The van der Waals surface area contributed by atoms with Gasteiger partial charge in [-0.1, -0.05) is 12.2 Å². The molecule has 0 saturated carbocycles. The van der Waals surface area contributed by atoms with Gasteiger partial charge in [-0.15, -0.1) is 0 Å². The third-order valence-electron chi connectivity index (χ3n) is 4.91. The smallest absolute Gasteiger partial charge is 0.138 e. The van der Waals surface area contributed by atoms with Gasteiger partial charge in [-0.25, -0.2) is 9.37 Å². The summed E-state index contributed by atoms with van der Waals surface area (Å²) >= 11 is 0. The van der Waals surface area contributed by atoms with E-state index in [-0.39, 0.29) is 12.5 Å². The molecule has 31 heavy (non-hydrogen) atoms. The number of imidazole rings is 1. The minimum Gasteiger partial charge on any atom is -0.387 e. The zero-order valence-electron chi connectivity index (χ0n) is 18.1. The topological polar surface area (TPSA) is 91.2 Å². The number of halogens is 1. The van der Waals surface area contributed by atoms with E-state index in [4.69, 9.17) is 10.7 Å². The molecule has 7 nitrogen and oxygen atoms in total. The van der Waals surface area contributed by atoms with E-state index in [9.17, 15) is 9.50 Å². The predicted molar refractivity (Wildman–Crippen MR) is 124 cm³/mol. The van der Waals surface area contributed by atoms with Crippen LogP contribution in [0.1, 0.15) is 29.5 Å². The standard InChI is InChI=1S/C23H29FN6O/c1-26-19(9-11-27-15-25)23-22(16-5-4-6-18(24)8-7-16)28-21-13-17(10-12-30(21)23)20(31)14-29(2)3/h4,6-13,20,26,31H,5,14-15,25H2,1-3H3/b19-9-,27-11-. The van der Waals surface area contributed by atoms with Crippen LogP contribution in [-0.4, -0.2) is 60.0 Å². The second-order valence-corrected chi connectivity index (χ2v) is 7.47. The Labute approximate surface area is 181 Å². The molecule has 8 heteroatoms. The van der Waals surface area contributed by atoms with Crippen LogP contribution in [0.25, 0.3) is 16.9 Å². The molecule has 2 aromatic heterocycles. The summed E-state index contributed by atoms with van der Waals surface area (Å²) in [6.45, 7) is 0.703. The number of likely N-dealkylation sites (N-methyl/N-ethyl adjacent to an activating group) is 1. The van der Waals surface area contributed by atoms with Gasteiger partial charge in [0.05, 0.1) is 29.9 Å². The highest BCUT2D eigenvalue weighted by Gasteiger charge is 2.20. The van der Waals surface area contributed by atoms with E-state index in [1.165, 1.54) is 12.2 Å². The van der Waals surface area contributed by atoms with Crippen molar-refractivity contribution in [2.75, 3.05) is 34.4 Å². The molecule has 0 bridgehead atoms. The number of nitrogens with two attached hydrogens (primary N) is 1. The van der Waals surface area contributed by atoms with E-state index in [2.05, 4.69) is 10.3 Å². The second-order valence-electron chi connectivity index (χ2n) is 7.47. The summed E-state index contributed by atoms with van der Waals surface area (Å²) in [6, 6.07) is 3.77. The average molecular weight is 425 g/mol. The molecule has 0 amide bonds. The molecule has 0 aliphatic heterocycles. The van der Waals surface area contributed by atoms with Crippen LogP contribution >= 0.6 is 0 Å². The van der Waals surface area contributed by atoms with Gasteiger partial charge in [0.2, 0.25) is 0 Å². The van der Waals surface area contributed by atoms with Crippen molar-refractivity contribution in [2.45, 2.75) is 12.5 Å². The van der Waals surface area contributed by atoms with Crippen LogP contribution in [-0.2, 0) is 0 Å². The lowest BCUT2D eigenvalue weighted by Crippen LogP contribution is -2.20. The lowest BCUT2D eigenvalue weighted by Gasteiger charge is -2.16. The number of aliphatic hydroxyl groups excluding tert-OH is 1. The Morgan fingerprint density at radius 3 is 2.97 bits per heavy atom. The van der Waals surface area contributed by atoms with E-state index in [1.54, 1.807) is 18.4 Å². The third-order valence-corrected chi connectivity index (χ3v) is 4.91. The highest BCUT2D eigenvalue weighted by Crippen LogP contribution is 2.30. The van der Waals surface area contributed by atoms with Crippen molar-refractivity contribution in [1.29, 1.82) is 0 Å². The highest BCUT2D eigenvalue weighted by atomic mass is 19.1. The van der Waals surface area contributed by atoms with Gasteiger partial charge in [0, 0.05) is 26.0 Å². The zero-order valence-corrected chi connectivity index (χ0v) is 18.1. The van der Waals surface area contributed by atoms with Crippen molar-refractivity contribution < 1.29 is 9.50 Å². The summed E-state index contributed by atoms with van der Waals surface area (Å²) in [5.74, 6) is -0.297. The number of nitrogens with zero attached hydrogens (tertiary/aromatic N) is 4. The largest absolute Gasteiger partial charge is 0.387 e. The van der Waals surface area contributed by atoms with Crippen molar-refractivity contribution in [2.24, 2.45) is 10.7 Å². The van der Waals surface area contributed by atoms with Gasteiger partial charge in [-0.05, 0) is 62.0 Å². The molecule has 0 aromatic carbocycles. The number of fused-ring (bicyclic) bond motifs is 1. The Bertz CT molecular complexity index is 1080. The normalized spacial score (nSPS) is 16.0. The first-order valence-electron chi connectivity index (χ1n) is 10.1. The lowest BCUT2D eigenvalue weighted by atomic mass is 10.1. The van der Waals surface area contributed by atoms with Crippen molar-refractivity contribution >= 4 is 23.1 Å². The molecule has 2 aromatic rings. The summed E-state index contributed by atoms with van der Waals surface area (Å²) < 4.78 is 15.7. The van der Waals surface area contributed by atoms with E-state index in [0.717, 1.165) is 28.2 Å². The predicted octanol–water partition coefficient (Wildman–Crippen LogP) is 2.67. The average Bonchev–Trinajstić information content (AvgIpc) is 2.97. The Morgan fingerprint density at radius 1 is 1.45 bits per heavy atom. The molecule has 0 saturated heterocycles. The Kier molecular flexibility index (Phi) is 7.51. The summed E-state index contributed by atoms with van der Waals surface area (Å²) in [4.78, 5) is 10.9. The summed E-state index contributed by atoms with van der Waals surface area (Å²) in [6.07, 6.45) is 11.7. The Balaban J connectivity index is 2.18. The number of allylic oxidation sites excluding steroid dienone is 7. The summed E-state index contributed by atoms with van der Waals surface area (Å²) in [7, 11) is 5.65. The molecule has 1 unspecified atom stereocenters. The third kappa shape index (κ3) is 5.35. The first kappa shape index (κ1) is 22.6. The lowest BCUT2D eigenvalue weighted by molar-refractivity contribution is 0.138. The van der Waals surface area contributed by atoms with Gasteiger partial charge in [0.25, 0.3) is 0 Å². The first-order valence-corrected chi connectivity index (χ1v) is 10.1. The number of hydrogen-bond donors (Lipinski definition) is 3. The summed E-state index contributed by atoms with van der Waals surface area (Å²) in [5.41, 5.74) is 10.2. The van der Waals surface area contributed by atoms with Gasteiger partial charge in [0.15, 0.2) is 0 Å². The molecule has 164 valence electrons. The highest BCUT2D eigenvalue weighted by molar-refractivity contribution is 5.87. The number of hydrogen-bond acceptors (Lipinski definition) is 6. The van der Waals surface area contributed by atoms with Crippen LogP contribution in [0.4, 0.5) is 4.39 Å². The first-order chi connectivity index (χ1) is 14.9. The Hall–Kier alpha value is -3.07. The van der Waals surface area contributed by atoms with E-state index >= 15 is 0 Å². The molecule has 1 atom stereocenters. The van der Waals surface area contributed by atoms with Crippen LogP contribution < -0.4 is 11.1 Å². The van der Waals surface area contributed by atoms with Gasteiger partial charge >= 0.3 is 0 Å². The Morgan fingerprint density at radius 2 is 2.26 bits per heavy atom. The second kappa shape index (κ2) is 10.3. The van der Waals surface area contributed by atoms with Gasteiger partial charge in [0.1, 0.15) is 11.5 Å². The van der Waals surface area contributed by atoms with Crippen LogP contribution in [0.5, 0.6) is 0 Å². The number of rotatable bonds is 8. The van der Waals surface area contributed by atoms with Crippen molar-refractivity contribution in [3.63, 3.8) is 0 Å². The minimum absolute atomic E-state index is 0.195. The van der Waals surface area contributed by atoms with Gasteiger partial charge in [-0.3, -0.25) is 9.39 Å². The molecular weight excluding hydrogens is 395 g/mol. The molecule has 4 N–H and O–H groups in total. The number of pyridine rings is 1. The molecule has 0 radical (unpaired) electrons. The SMILES string of the molecule is CN/C(=C\C=N/CN)c1c(C2=CC=C(F)C=CC2)nc2cc(C(O)CN(C)C)ccn12. The fourth-order valence-corrected chi connectivity index (χ4v) is 3.45. The molecule has 3 rings (SSSR count). The van der Waals surface area contributed by atoms with E-state index in [1.807, 2.05) is 54.8 Å². The van der Waals surface area contributed by atoms with Crippen molar-refractivity contribution in [3.8, 4) is 0 Å². The monoisotopic (exact) mass is 424 g/mol. The molecule has 2 heterocycles. The maximum Gasteiger partial charge on any atom is 0.138 e. The van der Waals surface area contributed by atoms with Crippen LogP contribution in [0.2, 0.25) is 0 Å². The van der Waals surface area contributed by atoms with Crippen LogP contribution in [0.15, 0.2) is 59.5 Å². The number of aromatic nitrogens is 2. The maximum atomic E-state index is 13.7. The number of aliphatic hydroxyl groups is 1. The zero-order chi connectivity index (χ0) is 22.4. The molecule has 0 fully saturated rings. The molecule has 1 aliphatic rings. The fourth-order valence-electron chi connectivity index (χ4n) is 3.45. The van der Waals surface area contributed by atoms with Gasteiger partial charge in [-0.2, -0.15) is 0 Å². The van der Waals surface area contributed by atoms with E-state index in [0.29, 0.717) is 18.6 Å². The van der Waals surface area contributed by atoms with E-state index < -0.39 is 6.10 Å². The molecule has 0 spiro atoms. The minimum atomic E-state index is -0.628. The fraction of sp³-hybridized carbons (Fsp3) is 0.304. The van der Waals surface area contributed by atoms with Crippen LogP contribution in [0, 0.1) is 0 Å². The van der Waals surface area contributed by atoms with Crippen LogP contribution in [0.3, 0.4) is 0 Å². The maximum absolute atomic E-state index is 13.7. The van der Waals surface area contributed by atoms with Gasteiger partial charge < -0.3 is 21.1 Å². The quantitative estimate of drug-likeness (QED) is 0.567. The number of aliphatic imine (C=N–C) groups is 1. The molecular formula is C23H29FN6O. The number of nitrogens with one attached hydrogen (secondary N) is 1.